The van der Waals surface area contributed by atoms with Gasteiger partial charge < -0.3 is 28.6 Å². The van der Waals surface area contributed by atoms with Crippen LogP contribution in [0.2, 0.25) is 0 Å². The second kappa shape index (κ2) is 11.2. The second-order valence-corrected chi connectivity index (χ2v) is 11.4. The Morgan fingerprint density at radius 1 is 1.25 bits per heavy atom. The molecule has 0 bridgehead atoms. The molecule has 1 aliphatic carbocycles. The monoisotopic (exact) mass is 501 g/mol. The summed E-state index contributed by atoms with van der Waals surface area (Å²) in [6.45, 7) is 8.86. The van der Waals surface area contributed by atoms with Crippen molar-refractivity contribution in [3.8, 4) is 5.75 Å². The average molecular weight is 502 g/mol. The number of nitrogens with zero attached hydrogens (tertiary/aromatic N) is 1. The molecule has 1 saturated carbocycles. The Morgan fingerprint density at radius 2 is 1.97 bits per heavy atom. The van der Waals surface area contributed by atoms with Gasteiger partial charge in [0.15, 0.2) is 0 Å². The predicted molar refractivity (Wildman–Crippen MR) is 139 cm³/mol. The smallest absolute Gasteiger partial charge is 0.331 e. The van der Waals surface area contributed by atoms with Crippen molar-refractivity contribution < 1.29 is 28.5 Å². The van der Waals surface area contributed by atoms with Crippen molar-refractivity contribution in [2.45, 2.75) is 76.0 Å². The summed E-state index contributed by atoms with van der Waals surface area (Å²) < 4.78 is 29.9. The van der Waals surface area contributed by atoms with Crippen LogP contribution in [-0.4, -0.2) is 81.3 Å². The van der Waals surface area contributed by atoms with E-state index in [0.29, 0.717) is 12.5 Å². The summed E-state index contributed by atoms with van der Waals surface area (Å²) in [6, 6.07) is 7.68. The number of rotatable bonds is 12. The Hall–Kier alpha value is -1.93. The molecule has 200 valence electrons. The highest BCUT2D eigenvalue weighted by Gasteiger charge is 2.72. The Kier molecular flexibility index (Phi) is 8.45. The lowest BCUT2D eigenvalue weighted by atomic mass is 9.68. The van der Waals surface area contributed by atoms with Crippen molar-refractivity contribution in [1.29, 1.82) is 0 Å². The summed E-state index contributed by atoms with van der Waals surface area (Å²) in [5.74, 6) is 1.13. The molecule has 1 spiro atoms. The van der Waals surface area contributed by atoms with Crippen LogP contribution in [0.3, 0.4) is 0 Å². The van der Waals surface area contributed by atoms with E-state index in [-0.39, 0.29) is 41.4 Å². The molecule has 2 unspecified atom stereocenters. The van der Waals surface area contributed by atoms with Gasteiger partial charge in [0.1, 0.15) is 35.8 Å². The largest absolute Gasteiger partial charge is 0.492 e. The highest BCUT2D eigenvalue weighted by molar-refractivity contribution is 5.87. The first-order valence-corrected chi connectivity index (χ1v) is 13.3. The first-order chi connectivity index (χ1) is 17.2. The third-order valence-corrected chi connectivity index (χ3v) is 7.87. The molecule has 7 heteroatoms. The Morgan fingerprint density at radius 3 is 2.58 bits per heavy atom. The zero-order valence-corrected chi connectivity index (χ0v) is 22.7. The number of carbonyl (C=O) groups excluding carboxylic acids is 1. The van der Waals surface area contributed by atoms with Crippen LogP contribution in [0.25, 0.3) is 6.08 Å². The summed E-state index contributed by atoms with van der Waals surface area (Å²) in [5, 5.41) is 0. The number of methoxy groups -OCH3 is 1. The number of carbonyl (C=O) groups is 1. The van der Waals surface area contributed by atoms with Crippen LogP contribution in [0.5, 0.6) is 5.75 Å². The van der Waals surface area contributed by atoms with E-state index >= 15 is 0 Å². The van der Waals surface area contributed by atoms with Crippen LogP contribution in [-0.2, 0) is 23.7 Å². The van der Waals surface area contributed by atoms with Crippen molar-refractivity contribution in [2.75, 3.05) is 41.0 Å². The van der Waals surface area contributed by atoms with E-state index in [9.17, 15) is 4.79 Å². The number of benzene rings is 1. The molecular weight excluding hydrogens is 458 g/mol. The third-order valence-electron chi connectivity index (χ3n) is 7.87. The van der Waals surface area contributed by atoms with Gasteiger partial charge in [0.05, 0.1) is 18.6 Å². The van der Waals surface area contributed by atoms with Gasteiger partial charge in [0.25, 0.3) is 0 Å². The minimum atomic E-state index is -0.363. The zero-order chi connectivity index (χ0) is 25.9. The van der Waals surface area contributed by atoms with Crippen LogP contribution in [0.1, 0.15) is 52.0 Å². The minimum Gasteiger partial charge on any atom is -0.492 e. The van der Waals surface area contributed by atoms with Crippen LogP contribution in [0.4, 0.5) is 0 Å². The molecule has 2 aliphatic heterocycles. The zero-order valence-electron chi connectivity index (χ0n) is 22.7. The molecule has 1 aromatic rings. The lowest BCUT2D eigenvalue weighted by Crippen LogP contribution is -2.55. The predicted octanol–water partition coefficient (Wildman–Crippen LogP) is 4.34. The van der Waals surface area contributed by atoms with Crippen LogP contribution >= 0.6 is 0 Å². The fourth-order valence-corrected chi connectivity index (χ4v) is 5.65. The summed E-state index contributed by atoms with van der Waals surface area (Å²) in [6.07, 6.45) is 6.61. The summed E-state index contributed by atoms with van der Waals surface area (Å²) in [5.41, 5.74) is 0.398. The van der Waals surface area contributed by atoms with E-state index in [4.69, 9.17) is 23.7 Å². The summed E-state index contributed by atoms with van der Waals surface area (Å²) >= 11 is 0. The lowest BCUT2D eigenvalue weighted by Gasteiger charge is -2.42. The normalized spacial score (nSPS) is 33.4. The molecule has 6 atom stereocenters. The highest BCUT2D eigenvalue weighted by Crippen LogP contribution is 2.59. The van der Waals surface area contributed by atoms with E-state index in [1.54, 1.807) is 13.2 Å². The van der Waals surface area contributed by atoms with Gasteiger partial charge in [-0.15, -0.1) is 0 Å². The Labute approximate surface area is 216 Å². The quantitative estimate of drug-likeness (QED) is 0.240. The number of ether oxygens (including phenoxy) is 5. The number of epoxide rings is 2. The molecule has 2 heterocycles. The van der Waals surface area contributed by atoms with Crippen LogP contribution in [0.15, 0.2) is 30.3 Å². The van der Waals surface area contributed by atoms with E-state index in [0.717, 1.165) is 50.1 Å². The topological polar surface area (TPSA) is 73.1 Å². The van der Waals surface area contributed by atoms with Gasteiger partial charge in [-0.2, -0.15) is 0 Å². The third kappa shape index (κ3) is 6.31. The molecule has 4 rings (SSSR count). The standard InChI is InChI=1S/C29H43NO6/c1-20(2)7-13-24-28(3,36-24)27-26(32-6)23(15-16-29(27)19-34-29)35-25(31)14-10-21-8-11-22(12-9-21)33-18-17-30(4)5/h8-12,14,20,23-24,26-27H,7,13,15-19H2,1-6H3/b14-10+/t23?,24-,26-,27?,28+,29+/m1/s1. The molecule has 36 heavy (non-hydrogen) atoms. The van der Waals surface area contributed by atoms with Gasteiger partial charge in [-0.1, -0.05) is 26.0 Å². The van der Waals surface area contributed by atoms with Gasteiger partial charge >= 0.3 is 5.97 Å². The fourth-order valence-electron chi connectivity index (χ4n) is 5.65. The number of esters is 1. The van der Waals surface area contributed by atoms with Crippen molar-refractivity contribution in [3.63, 3.8) is 0 Å². The molecule has 2 saturated heterocycles. The number of hydrogen-bond acceptors (Lipinski definition) is 7. The molecule has 3 fully saturated rings. The lowest BCUT2D eigenvalue weighted by molar-refractivity contribution is -0.166. The molecule has 0 amide bonds. The van der Waals surface area contributed by atoms with Crippen molar-refractivity contribution >= 4 is 12.0 Å². The highest BCUT2D eigenvalue weighted by atomic mass is 16.6. The molecule has 7 nitrogen and oxygen atoms in total. The minimum absolute atomic E-state index is 0.0442. The van der Waals surface area contributed by atoms with Crippen LogP contribution in [0, 0.1) is 11.8 Å². The maximum Gasteiger partial charge on any atom is 0.331 e. The number of likely N-dealkylation sites (N-methyl/N-ethyl adjacent to an activating group) is 1. The molecule has 0 aromatic heterocycles. The Balaban J connectivity index is 1.34. The van der Waals surface area contributed by atoms with E-state index in [1.165, 1.54) is 6.08 Å². The maximum atomic E-state index is 12.8. The van der Waals surface area contributed by atoms with Crippen molar-refractivity contribution in [1.82, 2.24) is 4.90 Å². The summed E-state index contributed by atoms with van der Waals surface area (Å²) in [7, 11) is 5.73. The van der Waals surface area contributed by atoms with Crippen molar-refractivity contribution in [3.05, 3.63) is 35.9 Å². The van der Waals surface area contributed by atoms with Gasteiger partial charge in [0.2, 0.25) is 0 Å². The average Bonchev–Trinajstić information content (AvgIpc) is 3.75. The van der Waals surface area contributed by atoms with Crippen molar-refractivity contribution in [2.24, 2.45) is 11.8 Å². The van der Waals surface area contributed by atoms with Gasteiger partial charge in [-0.3, -0.25) is 0 Å². The fraction of sp³-hybridized carbons (Fsp3) is 0.690. The summed E-state index contributed by atoms with van der Waals surface area (Å²) in [4.78, 5) is 14.8. The molecule has 0 N–H and O–H groups in total. The number of hydrogen-bond donors (Lipinski definition) is 0. The van der Waals surface area contributed by atoms with E-state index in [2.05, 4.69) is 25.7 Å². The second-order valence-electron chi connectivity index (χ2n) is 11.4. The van der Waals surface area contributed by atoms with Crippen LogP contribution < -0.4 is 4.74 Å². The van der Waals surface area contributed by atoms with Gasteiger partial charge in [-0.05, 0) is 76.4 Å². The SMILES string of the molecule is CO[C@@H]1C(OC(=O)/C=C/c2ccc(OCCN(C)C)cc2)CC[C@]2(CO2)C1[C@@]1(C)O[C@@H]1CCC(C)C. The van der Waals surface area contributed by atoms with E-state index in [1.807, 2.05) is 38.4 Å². The first kappa shape index (κ1) is 27.1. The molecular formula is C29H43NO6. The first-order valence-electron chi connectivity index (χ1n) is 13.3. The molecule has 3 aliphatic rings. The van der Waals surface area contributed by atoms with E-state index < -0.39 is 0 Å². The van der Waals surface area contributed by atoms with Gasteiger partial charge in [0, 0.05) is 19.7 Å². The molecule has 1 aromatic carbocycles. The molecule has 0 radical (unpaired) electrons. The van der Waals surface area contributed by atoms with Gasteiger partial charge in [-0.25, -0.2) is 4.79 Å². The maximum absolute atomic E-state index is 12.8. The Bertz CT molecular complexity index is 909.